The SMILES string of the molecule is C=C1CN(C(=O)Nc2ccccc2F)C/C1=C(/N=C(N)N)c1cc(OC)c(Br)cc1Cl. The molecule has 2 aromatic carbocycles. The summed E-state index contributed by atoms with van der Waals surface area (Å²) in [5.74, 6) is -0.178. The first-order chi connectivity index (χ1) is 14.7. The molecule has 2 aromatic rings. The highest BCUT2D eigenvalue weighted by Gasteiger charge is 2.29. The number of urea groups is 1. The summed E-state index contributed by atoms with van der Waals surface area (Å²) in [6.45, 7) is 4.41. The minimum atomic E-state index is -0.528. The van der Waals surface area contributed by atoms with Crippen LogP contribution >= 0.6 is 27.5 Å². The maximum Gasteiger partial charge on any atom is 0.322 e. The number of guanidine groups is 1. The topological polar surface area (TPSA) is 106 Å². The fourth-order valence-electron chi connectivity index (χ4n) is 3.11. The third-order valence-corrected chi connectivity index (χ3v) is 5.52. The minimum absolute atomic E-state index is 0.0840. The van der Waals surface area contributed by atoms with Gasteiger partial charge >= 0.3 is 6.03 Å². The highest BCUT2D eigenvalue weighted by atomic mass is 79.9. The number of benzene rings is 2. The molecule has 10 heteroatoms. The third-order valence-electron chi connectivity index (χ3n) is 4.58. The molecule has 7 nitrogen and oxygen atoms in total. The quantitative estimate of drug-likeness (QED) is 0.422. The molecule has 1 aliphatic heterocycles. The van der Waals surface area contributed by atoms with Crippen molar-refractivity contribution < 1.29 is 13.9 Å². The number of carbonyl (C=O) groups is 1. The first-order valence-corrected chi connectivity index (χ1v) is 10.2. The van der Waals surface area contributed by atoms with Crippen LogP contribution in [0.25, 0.3) is 5.70 Å². The fourth-order valence-corrected chi connectivity index (χ4v) is 4.00. The summed E-state index contributed by atoms with van der Waals surface area (Å²) in [7, 11) is 1.52. The van der Waals surface area contributed by atoms with Gasteiger partial charge in [-0.2, -0.15) is 0 Å². The van der Waals surface area contributed by atoms with E-state index in [1.807, 2.05) is 0 Å². The number of anilines is 1. The third kappa shape index (κ3) is 5.00. The Labute approximate surface area is 192 Å². The molecule has 162 valence electrons. The van der Waals surface area contributed by atoms with Gasteiger partial charge in [0.2, 0.25) is 0 Å². The summed E-state index contributed by atoms with van der Waals surface area (Å²) in [5, 5.41) is 2.94. The van der Waals surface area contributed by atoms with Crippen molar-refractivity contribution in [1.29, 1.82) is 0 Å². The number of halogens is 3. The smallest absolute Gasteiger partial charge is 0.322 e. The van der Waals surface area contributed by atoms with E-state index >= 15 is 0 Å². The maximum atomic E-state index is 13.9. The summed E-state index contributed by atoms with van der Waals surface area (Å²) >= 11 is 9.83. The van der Waals surface area contributed by atoms with Crippen LogP contribution in [0.5, 0.6) is 5.75 Å². The molecule has 0 aliphatic carbocycles. The molecule has 1 heterocycles. The number of nitrogens with zero attached hydrogens (tertiary/aromatic N) is 2. The maximum absolute atomic E-state index is 13.9. The molecule has 1 aliphatic rings. The number of para-hydroxylation sites is 1. The molecule has 0 radical (unpaired) electrons. The summed E-state index contributed by atoms with van der Waals surface area (Å²) in [4.78, 5) is 18.4. The lowest BCUT2D eigenvalue weighted by Crippen LogP contribution is -2.32. The summed E-state index contributed by atoms with van der Waals surface area (Å²) in [5.41, 5.74) is 13.5. The van der Waals surface area contributed by atoms with Gasteiger partial charge in [0, 0.05) is 17.7 Å². The average Bonchev–Trinajstić information content (AvgIpc) is 3.10. The zero-order valence-corrected chi connectivity index (χ0v) is 18.9. The van der Waals surface area contributed by atoms with Gasteiger partial charge in [-0.15, -0.1) is 0 Å². The van der Waals surface area contributed by atoms with E-state index in [0.717, 1.165) is 0 Å². The molecular formula is C21H20BrClFN5O2. The van der Waals surface area contributed by atoms with E-state index in [4.69, 9.17) is 27.8 Å². The first-order valence-electron chi connectivity index (χ1n) is 9.06. The molecule has 0 bridgehead atoms. The van der Waals surface area contributed by atoms with Crippen LogP contribution in [0, 0.1) is 5.82 Å². The zero-order chi connectivity index (χ0) is 22.7. The van der Waals surface area contributed by atoms with Gasteiger partial charge in [-0.3, -0.25) is 0 Å². The molecule has 0 atom stereocenters. The van der Waals surface area contributed by atoms with E-state index in [0.29, 0.717) is 37.7 Å². The molecule has 0 spiro atoms. The zero-order valence-electron chi connectivity index (χ0n) is 16.6. The number of carbonyl (C=O) groups excluding carboxylic acids is 1. The molecule has 2 amide bonds. The molecule has 3 rings (SSSR count). The first kappa shape index (κ1) is 22.6. The fraction of sp³-hybridized carbons (Fsp3) is 0.143. The summed E-state index contributed by atoms with van der Waals surface area (Å²) in [6, 6.07) is 8.80. The molecule has 0 unspecified atom stereocenters. The number of nitrogens with two attached hydrogens (primary N) is 2. The number of nitrogens with one attached hydrogen (secondary N) is 1. The summed E-state index contributed by atoms with van der Waals surface area (Å²) < 4.78 is 19.9. The molecule has 0 saturated carbocycles. The second kappa shape index (κ2) is 9.40. The minimum Gasteiger partial charge on any atom is -0.496 e. The Kier molecular flexibility index (Phi) is 6.87. The highest BCUT2D eigenvalue weighted by molar-refractivity contribution is 9.10. The number of likely N-dealkylation sites (tertiary alicyclic amines) is 1. The summed E-state index contributed by atoms with van der Waals surface area (Å²) in [6.07, 6.45) is 0. The molecule has 0 aromatic heterocycles. The van der Waals surface area contributed by atoms with Crippen LogP contribution in [0.2, 0.25) is 5.02 Å². The predicted octanol–water partition coefficient (Wildman–Crippen LogP) is 4.34. The van der Waals surface area contributed by atoms with Crippen molar-refractivity contribution in [2.45, 2.75) is 0 Å². The second-order valence-corrected chi connectivity index (χ2v) is 7.96. The van der Waals surface area contributed by atoms with Crippen LogP contribution < -0.4 is 21.5 Å². The van der Waals surface area contributed by atoms with E-state index in [1.165, 1.54) is 24.1 Å². The number of hydrogen-bond donors (Lipinski definition) is 3. The van der Waals surface area contributed by atoms with Crippen molar-refractivity contribution in [3.8, 4) is 5.75 Å². The van der Waals surface area contributed by atoms with Gasteiger partial charge in [-0.1, -0.05) is 30.3 Å². The van der Waals surface area contributed by atoms with Gasteiger partial charge in [0.05, 0.1) is 34.5 Å². The number of hydrogen-bond acceptors (Lipinski definition) is 3. The van der Waals surface area contributed by atoms with Crippen molar-refractivity contribution in [3.05, 3.63) is 75.0 Å². The lowest BCUT2D eigenvalue weighted by molar-refractivity contribution is 0.224. The van der Waals surface area contributed by atoms with E-state index in [-0.39, 0.29) is 24.7 Å². The van der Waals surface area contributed by atoms with Gasteiger partial charge in [0.15, 0.2) is 5.96 Å². The van der Waals surface area contributed by atoms with Crippen molar-refractivity contribution in [2.24, 2.45) is 16.5 Å². The van der Waals surface area contributed by atoms with Crippen LogP contribution in [-0.4, -0.2) is 37.1 Å². The van der Waals surface area contributed by atoms with E-state index in [9.17, 15) is 9.18 Å². The number of ether oxygens (including phenoxy) is 1. The predicted molar refractivity (Wildman–Crippen MR) is 125 cm³/mol. The van der Waals surface area contributed by atoms with Crippen LogP contribution in [-0.2, 0) is 0 Å². The monoisotopic (exact) mass is 507 g/mol. The Bertz CT molecular complexity index is 1110. The molecule has 5 N–H and O–H groups in total. The molecule has 1 saturated heterocycles. The Morgan fingerprint density at radius 2 is 2.03 bits per heavy atom. The van der Waals surface area contributed by atoms with Crippen molar-refractivity contribution in [1.82, 2.24) is 4.90 Å². The standard InChI is InChI=1S/C21H20BrClFN5O2/c1-11-9-29(21(30)27-17-6-4-3-5-16(17)24)10-13(11)19(28-20(25)26)12-7-18(31-2)14(22)8-15(12)23/h3-8H,1,9-10H2,2H3,(H,27,30)(H4,25,26,28)/b19-13-. The number of aliphatic imine (C=N–C) groups is 1. The van der Waals surface area contributed by atoms with E-state index in [1.54, 1.807) is 24.3 Å². The van der Waals surface area contributed by atoms with Crippen molar-refractivity contribution in [2.75, 3.05) is 25.5 Å². The Morgan fingerprint density at radius 1 is 1.32 bits per heavy atom. The van der Waals surface area contributed by atoms with Crippen LogP contribution in [0.1, 0.15) is 5.56 Å². The lowest BCUT2D eigenvalue weighted by Gasteiger charge is -2.16. The molecule has 1 fully saturated rings. The Hall–Kier alpha value is -3.04. The number of amides is 2. The molecule has 31 heavy (non-hydrogen) atoms. The van der Waals surface area contributed by atoms with Crippen molar-refractivity contribution >= 4 is 50.9 Å². The van der Waals surface area contributed by atoms with Gasteiger partial charge in [-0.25, -0.2) is 14.2 Å². The highest BCUT2D eigenvalue weighted by Crippen LogP contribution is 2.38. The van der Waals surface area contributed by atoms with Gasteiger partial charge in [0.25, 0.3) is 0 Å². The van der Waals surface area contributed by atoms with Crippen LogP contribution in [0.4, 0.5) is 14.9 Å². The van der Waals surface area contributed by atoms with E-state index < -0.39 is 11.8 Å². The number of methoxy groups -OCH3 is 1. The number of rotatable bonds is 4. The van der Waals surface area contributed by atoms with Gasteiger partial charge in [0.1, 0.15) is 11.6 Å². The van der Waals surface area contributed by atoms with E-state index in [2.05, 4.69) is 32.8 Å². The van der Waals surface area contributed by atoms with Crippen LogP contribution in [0.15, 0.2) is 63.6 Å². The van der Waals surface area contributed by atoms with Crippen LogP contribution in [0.3, 0.4) is 0 Å². The average molecular weight is 509 g/mol. The second-order valence-electron chi connectivity index (χ2n) is 6.70. The normalized spacial score (nSPS) is 15.0. The van der Waals surface area contributed by atoms with Gasteiger partial charge < -0.3 is 26.4 Å². The Balaban J connectivity index is 1.99. The molecular weight excluding hydrogens is 489 g/mol. The Morgan fingerprint density at radius 3 is 2.68 bits per heavy atom. The van der Waals surface area contributed by atoms with Crippen molar-refractivity contribution in [3.63, 3.8) is 0 Å². The largest absolute Gasteiger partial charge is 0.496 e. The van der Waals surface area contributed by atoms with Gasteiger partial charge in [-0.05, 0) is 45.8 Å². The lowest BCUT2D eigenvalue weighted by atomic mass is 10.0.